The lowest BCUT2D eigenvalue weighted by Crippen LogP contribution is -2.43. The van der Waals surface area contributed by atoms with Crippen molar-refractivity contribution in [1.29, 1.82) is 0 Å². The molecule has 1 aliphatic rings. The van der Waals surface area contributed by atoms with Crippen molar-refractivity contribution in [2.24, 2.45) is 0 Å². The molecule has 7 heteroatoms. The third kappa shape index (κ3) is 3.86. The zero-order chi connectivity index (χ0) is 22.9. The van der Waals surface area contributed by atoms with Crippen LogP contribution in [0, 0.1) is 5.82 Å². The third-order valence-corrected chi connectivity index (χ3v) is 6.10. The number of H-pyrrole nitrogens is 1. The average Bonchev–Trinajstić information content (AvgIpc) is 3.22. The second-order valence-corrected chi connectivity index (χ2v) is 7.99. The number of nitrogens with one attached hydrogen (secondary N) is 2. The van der Waals surface area contributed by atoms with E-state index < -0.39 is 6.04 Å². The molecule has 168 valence electrons. The van der Waals surface area contributed by atoms with Gasteiger partial charge in [0, 0.05) is 34.9 Å². The van der Waals surface area contributed by atoms with Gasteiger partial charge < -0.3 is 24.7 Å². The molecule has 0 aliphatic carbocycles. The number of nitrogens with zero attached hydrogens (tertiary/aromatic N) is 1. The van der Waals surface area contributed by atoms with Gasteiger partial charge in [0.15, 0.2) is 0 Å². The molecule has 4 aromatic rings. The van der Waals surface area contributed by atoms with Gasteiger partial charge in [-0.25, -0.2) is 9.18 Å². The number of benzene rings is 3. The van der Waals surface area contributed by atoms with Crippen LogP contribution in [0.4, 0.5) is 14.9 Å². The molecule has 0 saturated carbocycles. The van der Waals surface area contributed by atoms with Crippen LogP contribution >= 0.6 is 0 Å². The van der Waals surface area contributed by atoms with Crippen molar-refractivity contribution >= 4 is 22.6 Å². The SMILES string of the molecule is COc1cccc(NC(=O)N2CCc3c([nH]c4ccc(OC)cc34)[C@@H]2c2ccc(F)cc2)c1. The summed E-state index contributed by atoms with van der Waals surface area (Å²) in [6, 6.07) is 18.8. The Bertz CT molecular complexity index is 1320. The number of aromatic nitrogens is 1. The Morgan fingerprint density at radius 2 is 1.79 bits per heavy atom. The maximum absolute atomic E-state index is 13.7. The van der Waals surface area contributed by atoms with Gasteiger partial charge in [-0.05, 0) is 60.0 Å². The fourth-order valence-electron chi connectivity index (χ4n) is 4.50. The Labute approximate surface area is 190 Å². The van der Waals surface area contributed by atoms with Gasteiger partial charge in [0.25, 0.3) is 0 Å². The van der Waals surface area contributed by atoms with Crippen LogP contribution in [-0.2, 0) is 6.42 Å². The Morgan fingerprint density at radius 3 is 2.55 bits per heavy atom. The van der Waals surface area contributed by atoms with Crippen LogP contribution in [0.3, 0.4) is 0 Å². The number of ether oxygens (including phenoxy) is 2. The molecule has 2 amide bonds. The normalized spacial score (nSPS) is 15.2. The molecule has 0 radical (unpaired) electrons. The summed E-state index contributed by atoms with van der Waals surface area (Å²) < 4.78 is 24.4. The van der Waals surface area contributed by atoms with Crippen molar-refractivity contribution in [3.63, 3.8) is 0 Å². The standard InChI is InChI=1S/C26H24FN3O3/c1-32-19-5-3-4-18(14-19)28-26(31)30-13-12-21-22-15-20(33-2)10-11-23(22)29-24(21)25(30)16-6-8-17(27)9-7-16/h3-11,14-15,25,29H,12-13H2,1-2H3,(H,28,31)/t25-/m0/s1. The maximum atomic E-state index is 13.7. The van der Waals surface area contributed by atoms with Gasteiger partial charge >= 0.3 is 6.03 Å². The van der Waals surface area contributed by atoms with E-state index in [1.54, 1.807) is 37.3 Å². The molecule has 0 spiro atoms. The number of anilines is 1. The van der Waals surface area contributed by atoms with E-state index >= 15 is 0 Å². The van der Waals surface area contributed by atoms with E-state index in [4.69, 9.17) is 9.47 Å². The highest BCUT2D eigenvalue weighted by Gasteiger charge is 2.34. The summed E-state index contributed by atoms with van der Waals surface area (Å²) in [5.41, 5.74) is 4.52. The Kier molecular flexibility index (Phi) is 5.38. The van der Waals surface area contributed by atoms with Crippen LogP contribution < -0.4 is 14.8 Å². The Balaban J connectivity index is 1.56. The van der Waals surface area contributed by atoms with E-state index in [0.29, 0.717) is 24.4 Å². The zero-order valence-corrected chi connectivity index (χ0v) is 18.4. The lowest BCUT2D eigenvalue weighted by Gasteiger charge is -2.36. The number of rotatable bonds is 4. The van der Waals surface area contributed by atoms with Crippen LogP contribution in [-0.4, -0.2) is 36.7 Å². The minimum atomic E-state index is -0.390. The number of carbonyl (C=O) groups is 1. The second-order valence-electron chi connectivity index (χ2n) is 7.99. The number of amides is 2. The van der Waals surface area contributed by atoms with Gasteiger partial charge in [-0.1, -0.05) is 18.2 Å². The molecule has 3 aromatic carbocycles. The highest BCUT2D eigenvalue weighted by Crippen LogP contribution is 2.39. The van der Waals surface area contributed by atoms with Crippen molar-refractivity contribution in [2.45, 2.75) is 12.5 Å². The van der Waals surface area contributed by atoms with Crippen molar-refractivity contribution < 1.29 is 18.7 Å². The first-order chi connectivity index (χ1) is 16.1. The molecule has 5 rings (SSSR count). The molecule has 2 heterocycles. The molecule has 0 unspecified atom stereocenters. The molecular formula is C26H24FN3O3. The first-order valence-corrected chi connectivity index (χ1v) is 10.7. The third-order valence-electron chi connectivity index (χ3n) is 6.10. The molecule has 33 heavy (non-hydrogen) atoms. The van der Waals surface area contributed by atoms with Gasteiger partial charge in [-0.15, -0.1) is 0 Å². The summed E-state index contributed by atoms with van der Waals surface area (Å²) in [5, 5.41) is 4.05. The van der Waals surface area contributed by atoms with Crippen molar-refractivity contribution in [2.75, 3.05) is 26.1 Å². The molecule has 0 saturated heterocycles. The number of aromatic amines is 1. The van der Waals surface area contributed by atoms with Crippen LogP contribution in [0.15, 0.2) is 66.7 Å². The van der Waals surface area contributed by atoms with Crippen LogP contribution in [0.1, 0.15) is 22.9 Å². The summed E-state index contributed by atoms with van der Waals surface area (Å²) in [4.78, 5) is 18.7. The largest absolute Gasteiger partial charge is 0.497 e. The van der Waals surface area contributed by atoms with E-state index in [1.165, 1.54) is 12.1 Å². The Hall–Kier alpha value is -4.00. The summed E-state index contributed by atoms with van der Waals surface area (Å²) in [5.74, 6) is 1.12. The fraction of sp³-hybridized carbons (Fsp3) is 0.192. The van der Waals surface area contributed by atoms with Crippen molar-refractivity contribution in [3.8, 4) is 11.5 Å². The first-order valence-electron chi connectivity index (χ1n) is 10.7. The van der Waals surface area contributed by atoms with Gasteiger partial charge in [-0.3, -0.25) is 0 Å². The summed E-state index contributed by atoms with van der Waals surface area (Å²) in [6.07, 6.45) is 0.686. The van der Waals surface area contributed by atoms with Gasteiger partial charge in [0.05, 0.1) is 20.3 Å². The summed E-state index contributed by atoms with van der Waals surface area (Å²) in [6.45, 7) is 0.509. The molecule has 0 bridgehead atoms. The summed E-state index contributed by atoms with van der Waals surface area (Å²) in [7, 11) is 3.23. The van der Waals surface area contributed by atoms with Gasteiger partial charge in [0.2, 0.25) is 0 Å². The molecule has 6 nitrogen and oxygen atoms in total. The van der Waals surface area contributed by atoms with Gasteiger partial charge in [0.1, 0.15) is 17.3 Å². The monoisotopic (exact) mass is 445 g/mol. The smallest absolute Gasteiger partial charge is 0.322 e. The molecule has 0 fully saturated rings. The fourth-order valence-corrected chi connectivity index (χ4v) is 4.50. The molecule has 2 N–H and O–H groups in total. The number of halogens is 1. The number of carbonyl (C=O) groups excluding carboxylic acids is 1. The van der Waals surface area contributed by atoms with E-state index in [2.05, 4.69) is 10.3 Å². The number of fused-ring (bicyclic) bond motifs is 3. The first kappa shape index (κ1) is 20.9. The quantitative estimate of drug-likeness (QED) is 0.436. The minimum Gasteiger partial charge on any atom is -0.497 e. The zero-order valence-electron chi connectivity index (χ0n) is 18.4. The average molecular weight is 445 g/mol. The molecule has 1 atom stereocenters. The van der Waals surface area contributed by atoms with E-state index in [9.17, 15) is 9.18 Å². The highest BCUT2D eigenvalue weighted by atomic mass is 19.1. The van der Waals surface area contributed by atoms with Crippen LogP contribution in [0.2, 0.25) is 0 Å². The van der Waals surface area contributed by atoms with Gasteiger partial charge in [-0.2, -0.15) is 0 Å². The van der Waals surface area contributed by atoms with Crippen LogP contribution in [0.5, 0.6) is 11.5 Å². The maximum Gasteiger partial charge on any atom is 0.322 e. The van der Waals surface area contributed by atoms with E-state index in [-0.39, 0.29) is 11.8 Å². The number of methoxy groups -OCH3 is 2. The Morgan fingerprint density at radius 1 is 1.03 bits per heavy atom. The van der Waals surface area contributed by atoms with Crippen LogP contribution in [0.25, 0.3) is 10.9 Å². The minimum absolute atomic E-state index is 0.237. The summed E-state index contributed by atoms with van der Waals surface area (Å²) >= 11 is 0. The number of hydrogen-bond acceptors (Lipinski definition) is 3. The number of urea groups is 1. The lowest BCUT2D eigenvalue weighted by molar-refractivity contribution is 0.193. The lowest BCUT2D eigenvalue weighted by atomic mass is 9.92. The second kappa shape index (κ2) is 8.50. The predicted octanol–water partition coefficient (Wildman–Crippen LogP) is 5.50. The molecule has 1 aromatic heterocycles. The van der Waals surface area contributed by atoms with E-state index in [0.717, 1.165) is 33.5 Å². The number of hydrogen-bond donors (Lipinski definition) is 2. The molecular weight excluding hydrogens is 421 g/mol. The predicted molar refractivity (Wildman–Crippen MR) is 126 cm³/mol. The molecule has 1 aliphatic heterocycles. The topological polar surface area (TPSA) is 66.6 Å². The highest BCUT2D eigenvalue weighted by molar-refractivity contribution is 5.92. The van der Waals surface area contributed by atoms with Crippen molar-refractivity contribution in [3.05, 3.63) is 89.4 Å². The van der Waals surface area contributed by atoms with Crippen molar-refractivity contribution in [1.82, 2.24) is 9.88 Å². The van der Waals surface area contributed by atoms with E-state index in [1.807, 2.05) is 36.4 Å².